The van der Waals surface area contributed by atoms with Crippen molar-refractivity contribution in [3.8, 4) is 0 Å². The highest BCUT2D eigenvalue weighted by Crippen LogP contribution is 2.28. The van der Waals surface area contributed by atoms with Gasteiger partial charge in [-0.15, -0.1) is 0 Å². The fourth-order valence-electron chi connectivity index (χ4n) is 3.70. The number of benzene rings is 2. The third kappa shape index (κ3) is 4.72. The average Bonchev–Trinajstić information content (AvgIpc) is 3.28. The molecular weight excluding hydrogens is 402 g/mol. The number of carbonyl (C=O) groups is 2. The largest absolute Gasteiger partial charge is 0.468 e. The maximum atomic E-state index is 12.4. The van der Waals surface area contributed by atoms with Crippen molar-refractivity contribution in [2.75, 3.05) is 18.4 Å². The standard InChI is InChI=1S/C23H22ClN3O3/c24-18-7-3-8-19(13-18)26-23(29)22(28)25-14-20(21-9-4-12-30-21)27-11-10-16-5-1-2-6-17(16)15-27/h1-9,12-13,20H,10-11,14-15H2,(H,25,28)(H,26,29). The summed E-state index contributed by atoms with van der Waals surface area (Å²) < 4.78 is 5.63. The predicted molar refractivity (Wildman–Crippen MR) is 115 cm³/mol. The first-order valence-electron chi connectivity index (χ1n) is 9.79. The first-order chi connectivity index (χ1) is 14.6. The fourth-order valence-corrected chi connectivity index (χ4v) is 3.89. The number of hydrogen-bond acceptors (Lipinski definition) is 4. The molecule has 0 saturated carbocycles. The van der Waals surface area contributed by atoms with Crippen molar-refractivity contribution >= 4 is 29.1 Å². The molecule has 0 spiro atoms. The number of fused-ring (bicyclic) bond motifs is 1. The van der Waals surface area contributed by atoms with E-state index in [4.69, 9.17) is 16.0 Å². The van der Waals surface area contributed by atoms with Crippen LogP contribution in [0.3, 0.4) is 0 Å². The topological polar surface area (TPSA) is 74.6 Å². The van der Waals surface area contributed by atoms with Crippen molar-refractivity contribution < 1.29 is 14.0 Å². The molecule has 6 nitrogen and oxygen atoms in total. The normalized spacial score (nSPS) is 14.6. The minimum Gasteiger partial charge on any atom is -0.468 e. The second-order valence-electron chi connectivity index (χ2n) is 7.19. The summed E-state index contributed by atoms with van der Waals surface area (Å²) in [4.78, 5) is 26.9. The molecule has 2 aromatic carbocycles. The number of rotatable bonds is 5. The Hall–Kier alpha value is -3.09. The molecule has 0 radical (unpaired) electrons. The Labute approximate surface area is 179 Å². The Bertz CT molecular complexity index is 1040. The van der Waals surface area contributed by atoms with Gasteiger partial charge in [-0.25, -0.2) is 0 Å². The number of halogens is 1. The van der Waals surface area contributed by atoms with Gasteiger partial charge < -0.3 is 15.1 Å². The van der Waals surface area contributed by atoms with Gasteiger partial charge in [0.2, 0.25) is 0 Å². The summed E-state index contributed by atoms with van der Waals surface area (Å²) in [6.45, 7) is 1.86. The predicted octanol–water partition coefficient (Wildman–Crippen LogP) is 3.79. The third-order valence-corrected chi connectivity index (χ3v) is 5.45. The Morgan fingerprint density at radius 1 is 1.03 bits per heavy atom. The lowest BCUT2D eigenvalue weighted by atomic mass is 9.98. The summed E-state index contributed by atoms with van der Waals surface area (Å²) in [6, 6.07) is 18.6. The van der Waals surface area contributed by atoms with Crippen molar-refractivity contribution in [1.82, 2.24) is 10.2 Å². The number of nitrogens with one attached hydrogen (secondary N) is 2. The van der Waals surface area contributed by atoms with Crippen LogP contribution < -0.4 is 10.6 Å². The summed E-state index contributed by atoms with van der Waals surface area (Å²) >= 11 is 5.92. The van der Waals surface area contributed by atoms with E-state index >= 15 is 0 Å². The van der Waals surface area contributed by atoms with Crippen LogP contribution in [0.15, 0.2) is 71.3 Å². The van der Waals surface area contributed by atoms with Gasteiger partial charge in [0.1, 0.15) is 5.76 Å². The van der Waals surface area contributed by atoms with E-state index < -0.39 is 11.8 Å². The molecule has 0 fully saturated rings. The van der Waals surface area contributed by atoms with E-state index in [1.54, 1.807) is 30.5 Å². The number of furan rings is 1. The van der Waals surface area contributed by atoms with Crippen LogP contribution in [0.1, 0.15) is 22.9 Å². The van der Waals surface area contributed by atoms with Gasteiger partial charge in [0.15, 0.2) is 0 Å². The monoisotopic (exact) mass is 423 g/mol. The van der Waals surface area contributed by atoms with Gasteiger partial charge in [-0.05, 0) is 47.9 Å². The van der Waals surface area contributed by atoms with Crippen LogP contribution in [0.4, 0.5) is 5.69 Å². The molecule has 2 heterocycles. The Kier molecular flexibility index (Phi) is 6.16. The number of anilines is 1. The molecule has 1 aromatic heterocycles. The zero-order valence-electron chi connectivity index (χ0n) is 16.3. The smallest absolute Gasteiger partial charge is 0.313 e. The highest BCUT2D eigenvalue weighted by molar-refractivity contribution is 6.39. The second-order valence-corrected chi connectivity index (χ2v) is 7.63. The van der Waals surface area contributed by atoms with Crippen molar-refractivity contribution in [3.63, 3.8) is 0 Å². The molecule has 1 atom stereocenters. The zero-order chi connectivity index (χ0) is 20.9. The van der Waals surface area contributed by atoms with E-state index in [1.165, 1.54) is 11.1 Å². The van der Waals surface area contributed by atoms with Crippen molar-refractivity contribution in [2.24, 2.45) is 0 Å². The van der Waals surface area contributed by atoms with E-state index in [9.17, 15) is 9.59 Å². The van der Waals surface area contributed by atoms with Gasteiger partial charge in [-0.1, -0.05) is 41.9 Å². The quantitative estimate of drug-likeness (QED) is 0.612. The van der Waals surface area contributed by atoms with Crippen molar-refractivity contribution in [1.29, 1.82) is 0 Å². The number of amides is 2. The molecule has 1 unspecified atom stereocenters. The van der Waals surface area contributed by atoms with Crippen LogP contribution in [-0.2, 0) is 22.6 Å². The maximum absolute atomic E-state index is 12.4. The van der Waals surface area contributed by atoms with Gasteiger partial charge in [0.25, 0.3) is 0 Å². The summed E-state index contributed by atoms with van der Waals surface area (Å²) in [6.07, 6.45) is 2.55. The lowest BCUT2D eigenvalue weighted by Gasteiger charge is -2.34. The molecule has 1 aliphatic heterocycles. The third-order valence-electron chi connectivity index (χ3n) is 5.22. The summed E-state index contributed by atoms with van der Waals surface area (Å²) in [5, 5.41) is 5.79. The van der Waals surface area contributed by atoms with Crippen molar-refractivity contribution in [3.05, 3.63) is 88.8 Å². The van der Waals surface area contributed by atoms with Crippen molar-refractivity contribution in [2.45, 2.75) is 19.0 Å². The molecule has 4 rings (SSSR count). The molecule has 0 aliphatic carbocycles. The van der Waals surface area contributed by atoms with Crippen LogP contribution in [0.2, 0.25) is 5.02 Å². The zero-order valence-corrected chi connectivity index (χ0v) is 17.1. The van der Waals surface area contributed by atoms with Crippen LogP contribution >= 0.6 is 11.6 Å². The Morgan fingerprint density at radius 2 is 1.87 bits per heavy atom. The molecule has 1 aliphatic rings. The van der Waals surface area contributed by atoms with Crippen LogP contribution in [0.5, 0.6) is 0 Å². The number of carbonyl (C=O) groups excluding carboxylic acids is 2. The fraction of sp³-hybridized carbons (Fsp3) is 0.217. The molecule has 7 heteroatoms. The van der Waals surface area contributed by atoms with E-state index in [-0.39, 0.29) is 12.6 Å². The highest BCUT2D eigenvalue weighted by atomic mass is 35.5. The van der Waals surface area contributed by atoms with Gasteiger partial charge in [0, 0.05) is 30.3 Å². The lowest BCUT2D eigenvalue weighted by Crippen LogP contribution is -2.43. The first-order valence-corrected chi connectivity index (χ1v) is 10.2. The highest BCUT2D eigenvalue weighted by Gasteiger charge is 2.27. The first kappa shape index (κ1) is 20.2. The molecular formula is C23H22ClN3O3. The molecule has 30 heavy (non-hydrogen) atoms. The lowest BCUT2D eigenvalue weighted by molar-refractivity contribution is -0.136. The summed E-state index contributed by atoms with van der Waals surface area (Å²) in [5.41, 5.74) is 3.08. The Morgan fingerprint density at radius 3 is 2.63 bits per heavy atom. The van der Waals surface area contributed by atoms with Gasteiger partial charge in [0.05, 0.1) is 12.3 Å². The van der Waals surface area contributed by atoms with Gasteiger partial charge >= 0.3 is 11.8 Å². The SMILES string of the molecule is O=C(NCC(c1ccco1)N1CCc2ccccc2C1)C(=O)Nc1cccc(Cl)c1. The minimum atomic E-state index is -0.737. The number of hydrogen-bond donors (Lipinski definition) is 2. The molecule has 154 valence electrons. The van der Waals surface area contributed by atoms with E-state index in [1.807, 2.05) is 18.2 Å². The molecule has 0 bridgehead atoms. The van der Waals surface area contributed by atoms with Crippen LogP contribution in [0, 0.1) is 0 Å². The maximum Gasteiger partial charge on any atom is 0.313 e. The van der Waals surface area contributed by atoms with Gasteiger partial charge in [-0.2, -0.15) is 0 Å². The second kappa shape index (κ2) is 9.15. The summed E-state index contributed by atoms with van der Waals surface area (Å²) in [7, 11) is 0. The number of nitrogens with zero attached hydrogens (tertiary/aromatic N) is 1. The van der Waals surface area contributed by atoms with E-state index in [0.717, 1.165) is 25.3 Å². The average molecular weight is 424 g/mol. The van der Waals surface area contributed by atoms with E-state index in [2.05, 4.69) is 33.7 Å². The molecule has 3 aromatic rings. The molecule has 2 N–H and O–H groups in total. The molecule has 2 amide bonds. The van der Waals surface area contributed by atoms with Crippen LogP contribution in [-0.4, -0.2) is 29.8 Å². The minimum absolute atomic E-state index is 0.170. The van der Waals surface area contributed by atoms with E-state index in [0.29, 0.717) is 10.7 Å². The summed E-state index contributed by atoms with van der Waals surface area (Å²) in [5.74, 6) is -0.687. The van der Waals surface area contributed by atoms with Crippen LogP contribution in [0.25, 0.3) is 0 Å². The molecule has 0 saturated heterocycles. The van der Waals surface area contributed by atoms with Gasteiger partial charge in [-0.3, -0.25) is 14.5 Å². The Balaban J connectivity index is 1.42.